The fourth-order valence-corrected chi connectivity index (χ4v) is 4.35. The molecule has 1 aromatic heterocycles. The summed E-state index contributed by atoms with van der Waals surface area (Å²) < 4.78 is 31.7. The summed E-state index contributed by atoms with van der Waals surface area (Å²) in [5, 5.41) is 31.5. The normalized spacial score (nSPS) is 13.5. The number of nitrogens with zero attached hydrogens (tertiary/aromatic N) is 1. The van der Waals surface area contributed by atoms with Gasteiger partial charge in [-0.2, -0.15) is 13.2 Å². The predicted octanol–water partition coefficient (Wildman–Crippen LogP) is 3.29. The Labute approximate surface area is 237 Å². The molecule has 222 valence electrons. The smallest absolute Gasteiger partial charge is 0.490 e. The summed E-state index contributed by atoms with van der Waals surface area (Å²) >= 11 is 1.21. The number of carbonyl (C=O) groups excluding carboxylic acids is 2. The number of benzene rings is 1. The first-order chi connectivity index (χ1) is 19.1. The maximum Gasteiger partial charge on any atom is 0.490 e. The number of nitrogens with two attached hydrogens (primary N) is 2. The largest absolute Gasteiger partial charge is 0.510 e. The number of carboxylic acid groups (broad SMARTS) is 1. The zero-order chi connectivity index (χ0) is 30.9. The minimum Gasteiger partial charge on any atom is -0.510 e. The van der Waals surface area contributed by atoms with E-state index in [4.69, 9.17) is 26.8 Å². The number of aliphatic hydroxyl groups excluding tert-OH is 1. The number of aliphatic hydroxyl groups is 1. The molecule has 1 heterocycles. The molecule has 1 aromatic carbocycles. The molecule has 41 heavy (non-hydrogen) atoms. The molecule has 1 aliphatic carbocycles. The molecular formula is C26H31F3N6O5S. The summed E-state index contributed by atoms with van der Waals surface area (Å²) in [5.41, 5.74) is 13.1. The van der Waals surface area contributed by atoms with Crippen molar-refractivity contribution in [3.05, 3.63) is 70.4 Å². The number of amidine groups is 1. The summed E-state index contributed by atoms with van der Waals surface area (Å²) in [7, 11) is 0. The van der Waals surface area contributed by atoms with E-state index in [9.17, 15) is 27.9 Å². The quantitative estimate of drug-likeness (QED) is 0.0939. The van der Waals surface area contributed by atoms with Crippen molar-refractivity contribution in [3.8, 4) is 0 Å². The lowest BCUT2D eigenvalue weighted by Gasteiger charge is -2.31. The fourth-order valence-electron chi connectivity index (χ4n) is 3.47. The number of thiophene rings is 1. The minimum atomic E-state index is -5.08. The SMILES string of the molecule is C=C(NC1CCC1)C(=O)N(CC(=O)NCc1ccc(C(=N)N)cc1)/C(=C(\C)O)c1ccc(N)s1.O=C(O)C(F)(F)F. The van der Waals surface area contributed by atoms with Crippen LogP contribution in [-0.4, -0.2) is 57.5 Å². The van der Waals surface area contributed by atoms with E-state index < -0.39 is 24.0 Å². The zero-order valence-electron chi connectivity index (χ0n) is 22.0. The molecular weight excluding hydrogens is 565 g/mol. The molecule has 2 aromatic rings. The van der Waals surface area contributed by atoms with Crippen LogP contribution in [0.5, 0.6) is 0 Å². The topological polar surface area (TPSA) is 195 Å². The highest BCUT2D eigenvalue weighted by molar-refractivity contribution is 7.16. The molecule has 3 rings (SSSR count). The van der Waals surface area contributed by atoms with Gasteiger partial charge < -0.3 is 32.3 Å². The van der Waals surface area contributed by atoms with Gasteiger partial charge in [-0.3, -0.25) is 19.9 Å². The highest BCUT2D eigenvalue weighted by Gasteiger charge is 2.38. The number of aliphatic carboxylic acids is 1. The molecule has 1 fully saturated rings. The van der Waals surface area contributed by atoms with E-state index in [-0.39, 0.29) is 42.1 Å². The van der Waals surface area contributed by atoms with Crippen LogP contribution in [-0.2, 0) is 20.9 Å². The molecule has 0 saturated heterocycles. The summed E-state index contributed by atoms with van der Waals surface area (Å²) in [6.07, 6.45) is -2.08. The molecule has 0 bridgehead atoms. The molecule has 15 heteroatoms. The number of allylic oxidation sites excluding steroid dienone is 1. The van der Waals surface area contributed by atoms with Gasteiger partial charge in [-0.05, 0) is 43.9 Å². The van der Waals surface area contributed by atoms with Crippen molar-refractivity contribution < 1.29 is 37.8 Å². The van der Waals surface area contributed by atoms with Crippen molar-refractivity contribution in [2.45, 2.75) is 44.9 Å². The lowest BCUT2D eigenvalue weighted by Crippen LogP contribution is -2.44. The second-order valence-electron chi connectivity index (χ2n) is 8.97. The summed E-state index contributed by atoms with van der Waals surface area (Å²) in [6, 6.07) is 10.5. The van der Waals surface area contributed by atoms with E-state index in [1.54, 1.807) is 36.4 Å². The van der Waals surface area contributed by atoms with Crippen LogP contribution >= 0.6 is 11.3 Å². The molecule has 0 atom stereocenters. The highest BCUT2D eigenvalue weighted by atomic mass is 32.1. The fraction of sp³-hybridized carbons (Fsp3) is 0.308. The average molecular weight is 597 g/mol. The first kappa shape index (κ1) is 32.7. The van der Waals surface area contributed by atoms with Crippen LogP contribution in [0.2, 0.25) is 0 Å². The Bertz CT molecular complexity index is 1320. The number of carboxylic acids is 1. The van der Waals surface area contributed by atoms with Gasteiger partial charge in [0.25, 0.3) is 5.91 Å². The number of rotatable bonds is 10. The summed E-state index contributed by atoms with van der Waals surface area (Å²) in [4.78, 5) is 36.9. The number of halogens is 3. The van der Waals surface area contributed by atoms with E-state index in [1.165, 1.54) is 23.2 Å². The third kappa shape index (κ3) is 9.86. The number of hydrogen-bond acceptors (Lipinski definition) is 8. The van der Waals surface area contributed by atoms with Crippen LogP contribution in [0.15, 0.2) is 54.4 Å². The molecule has 0 aliphatic heterocycles. The molecule has 11 nitrogen and oxygen atoms in total. The highest BCUT2D eigenvalue weighted by Crippen LogP contribution is 2.31. The first-order valence-electron chi connectivity index (χ1n) is 12.1. The van der Waals surface area contributed by atoms with Crippen LogP contribution in [0, 0.1) is 5.41 Å². The maximum atomic E-state index is 13.3. The van der Waals surface area contributed by atoms with Crippen molar-refractivity contribution in [2.24, 2.45) is 5.73 Å². The van der Waals surface area contributed by atoms with E-state index in [1.807, 2.05) is 0 Å². The third-order valence-corrected chi connectivity index (χ3v) is 6.68. The molecule has 0 spiro atoms. The van der Waals surface area contributed by atoms with Gasteiger partial charge in [0.15, 0.2) is 0 Å². The predicted molar refractivity (Wildman–Crippen MR) is 149 cm³/mol. The Kier molecular flexibility index (Phi) is 11.3. The Morgan fingerprint density at radius 3 is 2.15 bits per heavy atom. The summed E-state index contributed by atoms with van der Waals surface area (Å²) in [6.45, 7) is 5.24. The monoisotopic (exact) mass is 596 g/mol. The number of anilines is 1. The Morgan fingerprint density at radius 2 is 1.73 bits per heavy atom. The van der Waals surface area contributed by atoms with Crippen molar-refractivity contribution in [1.29, 1.82) is 5.41 Å². The number of nitrogen functional groups attached to an aromatic ring is 2. The van der Waals surface area contributed by atoms with Gasteiger partial charge in [-0.15, -0.1) is 11.3 Å². The molecule has 0 radical (unpaired) electrons. The van der Waals surface area contributed by atoms with Gasteiger partial charge >= 0.3 is 12.1 Å². The van der Waals surface area contributed by atoms with E-state index in [0.717, 1.165) is 24.8 Å². The lowest BCUT2D eigenvalue weighted by atomic mass is 9.93. The van der Waals surface area contributed by atoms with Crippen LogP contribution in [0.25, 0.3) is 5.70 Å². The maximum absolute atomic E-state index is 13.3. The van der Waals surface area contributed by atoms with Gasteiger partial charge in [0.1, 0.15) is 18.1 Å². The second kappa shape index (κ2) is 14.2. The first-order valence-corrected chi connectivity index (χ1v) is 12.9. The number of nitrogens with one attached hydrogen (secondary N) is 3. The second-order valence-corrected chi connectivity index (χ2v) is 10.1. The van der Waals surface area contributed by atoms with Crippen molar-refractivity contribution >= 4 is 45.7 Å². The minimum absolute atomic E-state index is 0.0339. The Hall–Kier alpha value is -4.53. The zero-order valence-corrected chi connectivity index (χ0v) is 22.9. The average Bonchev–Trinajstić information content (AvgIpc) is 3.29. The van der Waals surface area contributed by atoms with E-state index in [0.29, 0.717) is 15.4 Å². The molecule has 1 aliphatic rings. The van der Waals surface area contributed by atoms with Crippen molar-refractivity contribution in [2.75, 3.05) is 12.3 Å². The van der Waals surface area contributed by atoms with Gasteiger partial charge in [0.05, 0.1) is 21.3 Å². The van der Waals surface area contributed by atoms with Crippen LogP contribution < -0.4 is 22.1 Å². The van der Waals surface area contributed by atoms with E-state index in [2.05, 4.69) is 17.2 Å². The van der Waals surface area contributed by atoms with Crippen LogP contribution in [0.1, 0.15) is 42.2 Å². The summed E-state index contributed by atoms with van der Waals surface area (Å²) in [5.74, 6) is -3.81. The number of hydrogen-bond donors (Lipinski definition) is 7. The van der Waals surface area contributed by atoms with Gasteiger partial charge in [-0.1, -0.05) is 30.8 Å². The molecule has 9 N–H and O–H groups in total. The van der Waals surface area contributed by atoms with Gasteiger partial charge in [0, 0.05) is 18.2 Å². The Balaban J connectivity index is 0.000000745. The van der Waals surface area contributed by atoms with Gasteiger partial charge in [0.2, 0.25) is 5.91 Å². The van der Waals surface area contributed by atoms with Gasteiger partial charge in [-0.25, -0.2) is 4.79 Å². The third-order valence-electron chi connectivity index (χ3n) is 5.76. The standard InChI is InChI=1S/C24H30N6O3S.C2HF3O2/c1-14(29-18-4-3-5-18)24(33)30(22(15(2)31)19-10-11-20(25)34-19)13-21(32)28-12-16-6-8-17(9-7-16)23(26)27;3-2(4,5)1(6)7/h6-11,18,29,31H,1,3-5,12-13,25H2,2H3,(H3,26,27)(H,28,32);(H,6,7)/b22-15+;. The van der Waals surface area contributed by atoms with Crippen LogP contribution in [0.3, 0.4) is 0 Å². The van der Waals surface area contributed by atoms with E-state index >= 15 is 0 Å². The van der Waals surface area contributed by atoms with Crippen molar-refractivity contribution in [1.82, 2.24) is 15.5 Å². The number of alkyl halides is 3. The van der Waals surface area contributed by atoms with Crippen LogP contribution in [0.4, 0.5) is 18.2 Å². The lowest BCUT2D eigenvalue weighted by molar-refractivity contribution is -0.192. The Morgan fingerprint density at radius 1 is 1.15 bits per heavy atom. The molecule has 2 amide bonds. The number of amides is 2. The van der Waals surface area contributed by atoms with Crippen molar-refractivity contribution in [3.63, 3.8) is 0 Å². The number of carbonyl (C=O) groups is 3. The molecule has 0 unspecified atom stereocenters. The molecule has 1 saturated carbocycles.